The van der Waals surface area contributed by atoms with Gasteiger partial charge in [-0.05, 0) is 144 Å². The van der Waals surface area contributed by atoms with Crippen LogP contribution in [0.3, 0.4) is 0 Å². The van der Waals surface area contributed by atoms with Crippen molar-refractivity contribution >= 4 is 33.1 Å². The molecule has 0 radical (unpaired) electrons. The maximum absolute atomic E-state index is 14.2. The van der Waals surface area contributed by atoms with Gasteiger partial charge in [0.05, 0.1) is 43.7 Å². The molecule has 2 heterocycles. The first-order valence-corrected chi connectivity index (χ1v) is 25.8. The van der Waals surface area contributed by atoms with E-state index in [0.29, 0.717) is 78.2 Å². The number of fused-ring (bicyclic) bond motifs is 9. The summed E-state index contributed by atoms with van der Waals surface area (Å²) in [5, 5.41) is 68.6. The van der Waals surface area contributed by atoms with Gasteiger partial charge in [-0.25, -0.2) is 0 Å². The van der Waals surface area contributed by atoms with Crippen molar-refractivity contribution in [2.75, 3.05) is 19.0 Å². The SMILES string of the molecule is NC(N)c1cc2c3cc1CSSCC1CC(CCC4(CC(O)CO)CCCC4)(C=CC(=O)CCc4ccc(O)c(c4)OCCc4ccc(O)c(c4)C3CC([O-])=C3C=CN=C3CC#C2)CC1O. The van der Waals surface area contributed by atoms with E-state index >= 15 is 0 Å². The van der Waals surface area contributed by atoms with Crippen LogP contribution in [0.2, 0.25) is 0 Å². The van der Waals surface area contributed by atoms with E-state index in [1.807, 2.05) is 24.3 Å². The molecule has 5 unspecified atom stereocenters. The highest BCUT2D eigenvalue weighted by Crippen LogP contribution is 2.54. The van der Waals surface area contributed by atoms with Crippen molar-refractivity contribution in [1.82, 2.24) is 0 Å². The molecule has 0 saturated heterocycles. The fourth-order valence-corrected chi connectivity index (χ4v) is 13.4. The molecule has 8 rings (SSSR count). The van der Waals surface area contributed by atoms with Crippen LogP contribution in [-0.2, 0) is 23.4 Å². The van der Waals surface area contributed by atoms with Crippen LogP contribution in [0.15, 0.2) is 89.3 Å². The molecule has 5 atom stereocenters. The summed E-state index contributed by atoms with van der Waals surface area (Å²) in [6.45, 7) is -0.0572. The van der Waals surface area contributed by atoms with Gasteiger partial charge < -0.3 is 46.8 Å². The molecular formula is C53H62N3O8S2-. The van der Waals surface area contributed by atoms with Crippen LogP contribution in [0.5, 0.6) is 17.2 Å². The molecule has 8 bridgehead atoms. The Balaban J connectivity index is 1.14. The zero-order valence-electron chi connectivity index (χ0n) is 37.4. The lowest BCUT2D eigenvalue weighted by atomic mass is 9.70. The third-order valence-corrected chi connectivity index (χ3v) is 16.9. The lowest BCUT2D eigenvalue weighted by Gasteiger charge is -2.35. The Morgan fingerprint density at radius 2 is 1.73 bits per heavy atom. The van der Waals surface area contributed by atoms with Crippen molar-refractivity contribution < 1.29 is 40.2 Å². The second kappa shape index (κ2) is 21.2. The predicted octanol–water partition coefficient (Wildman–Crippen LogP) is 7.29. The Morgan fingerprint density at radius 3 is 2.52 bits per heavy atom. The minimum absolute atomic E-state index is 0.0145. The van der Waals surface area contributed by atoms with Gasteiger partial charge >= 0.3 is 0 Å². The maximum atomic E-state index is 14.2. The first kappa shape index (κ1) is 48.0. The summed E-state index contributed by atoms with van der Waals surface area (Å²) >= 11 is 0. The molecule has 13 heteroatoms. The largest absolute Gasteiger partial charge is 0.875 e. The van der Waals surface area contributed by atoms with Gasteiger partial charge in [0.15, 0.2) is 17.3 Å². The van der Waals surface area contributed by atoms with Crippen LogP contribution >= 0.6 is 21.6 Å². The average Bonchev–Trinajstić information content (AvgIpc) is 4.05. The second-order valence-corrected chi connectivity index (χ2v) is 21.6. The van der Waals surface area contributed by atoms with Gasteiger partial charge in [0.25, 0.3) is 0 Å². The van der Waals surface area contributed by atoms with Crippen molar-refractivity contribution in [2.24, 2.45) is 33.2 Å². The van der Waals surface area contributed by atoms with Gasteiger partial charge in [0, 0.05) is 47.6 Å². The van der Waals surface area contributed by atoms with Crippen LogP contribution < -0.4 is 21.3 Å². The number of nitrogens with zero attached hydrogens (tertiary/aromatic N) is 1. The minimum Gasteiger partial charge on any atom is -0.875 e. The molecular weight excluding hydrogens is 871 g/mol. The van der Waals surface area contributed by atoms with Gasteiger partial charge in [0.1, 0.15) is 5.75 Å². The minimum atomic E-state index is -0.808. The molecule has 3 aliphatic carbocycles. The number of aliphatic imine (C=N–C) groups is 1. The fraction of sp³-hybridized carbons (Fsp3) is 0.472. The molecule has 0 spiro atoms. The molecule has 0 aromatic heterocycles. The quantitative estimate of drug-likeness (QED) is 0.0707. The Labute approximate surface area is 395 Å². The van der Waals surface area contributed by atoms with Crippen molar-refractivity contribution in [3.05, 3.63) is 123 Å². The van der Waals surface area contributed by atoms with Crippen LogP contribution in [0.1, 0.15) is 128 Å². The van der Waals surface area contributed by atoms with E-state index in [4.69, 9.17) is 16.2 Å². The van der Waals surface area contributed by atoms with E-state index in [1.165, 1.54) is 0 Å². The Bertz CT molecular complexity index is 2460. The Hall–Kier alpha value is -4.52. The standard InChI is InChI=1S/C53H63N3O8S2/c54-51(55)42-24-35-4-3-5-45-40(13-20-56-45)48(62)26-43-41(35)25-36(42)31-65-66-32-37-27-53(29-49(37)63,19-18-52(15-1-2-16-52)28-39(59)30-57)17-12-38(58)9-6-33-8-11-47(61)50(23-33)64-21-14-34-7-10-46(60)44(43)22-34/h7-8,10-13,17,20,22-25,37,39,43,49,51,57,59-63H,1-2,5-6,9,14-16,18-19,21,26-32,54-55H2/p-1. The van der Waals surface area contributed by atoms with E-state index in [0.717, 1.165) is 66.3 Å². The molecule has 2 saturated carbocycles. The lowest BCUT2D eigenvalue weighted by Crippen LogP contribution is -2.28. The normalized spacial score (nSPS) is 25.0. The number of hydrogen-bond donors (Lipinski definition) is 7. The number of rotatable bonds is 7. The van der Waals surface area contributed by atoms with Crippen LogP contribution in [0.25, 0.3) is 0 Å². The van der Waals surface area contributed by atoms with Crippen molar-refractivity contribution in [1.29, 1.82) is 0 Å². The zero-order chi connectivity index (χ0) is 46.4. The van der Waals surface area contributed by atoms with Crippen LogP contribution in [0, 0.1) is 28.6 Å². The molecule has 0 amide bonds. The number of carbonyl (C=O) groups excluding carboxylic acids is 1. The highest BCUT2D eigenvalue weighted by molar-refractivity contribution is 8.76. The molecule has 2 fully saturated rings. The number of hydrogen-bond acceptors (Lipinski definition) is 13. The topological polar surface area (TPSA) is 215 Å². The van der Waals surface area contributed by atoms with Crippen molar-refractivity contribution in [3.8, 4) is 29.1 Å². The average molecular weight is 933 g/mol. The van der Waals surface area contributed by atoms with Gasteiger partial charge in [-0.3, -0.25) is 9.79 Å². The summed E-state index contributed by atoms with van der Waals surface area (Å²) in [4.78, 5) is 18.0. The summed E-state index contributed by atoms with van der Waals surface area (Å²) in [6, 6.07) is 14.5. The predicted molar refractivity (Wildman–Crippen MR) is 260 cm³/mol. The number of aromatic hydroxyl groups is 2. The summed E-state index contributed by atoms with van der Waals surface area (Å²) in [6.07, 6.45) is 14.0. The molecule has 9 N–H and O–H groups in total. The summed E-state index contributed by atoms with van der Waals surface area (Å²) in [5.41, 5.74) is 18.9. The van der Waals surface area contributed by atoms with Gasteiger partial charge in [-0.15, -0.1) is 5.76 Å². The summed E-state index contributed by atoms with van der Waals surface area (Å²) in [5.74, 6) is 7.36. The summed E-state index contributed by atoms with van der Waals surface area (Å²) < 4.78 is 6.14. The summed E-state index contributed by atoms with van der Waals surface area (Å²) in [7, 11) is 3.32. The number of allylic oxidation sites excluding steroid dienone is 5. The van der Waals surface area contributed by atoms with Gasteiger partial charge in [0.2, 0.25) is 0 Å². The van der Waals surface area contributed by atoms with E-state index in [1.54, 1.807) is 64.2 Å². The second-order valence-electron chi connectivity index (χ2n) is 19.1. The molecule has 66 heavy (non-hydrogen) atoms. The van der Waals surface area contributed by atoms with E-state index in [2.05, 4.69) is 22.9 Å². The first-order chi connectivity index (χ1) is 31.8. The number of nitrogens with two attached hydrogens (primary N) is 2. The number of phenolic OH excluding ortho intramolecular Hbond substituents is 2. The molecule has 5 aliphatic rings. The third-order valence-electron chi connectivity index (χ3n) is 14.5. The molecule has 350 valence electrons. The molecule has 11 nitrogen and oxygen atoms in total. The highest BCUT2D eigenvalue weighted by Gasteiger charge is 2.45. The number of ether oxygens (including phenoxy) is 1. The Kier molecular flexibility index (Phi) is 15.4. The number of carbonyl (C=O) groups is 1. The number of benzene rings is 3. The van der Waals surface area contributed by atoms with Crippen molar-refractivity contribution in [2.45, 2.75) is 120 Å². The van der Waals surface area contributed by atoms with E-state index < -0.39 is 29.7 Å². The molecule has 2 aliphatic heterocycles. The highest BCUT2D eigenvalue weighted by atomic mass is 33.1. The van der Waals surface area contributed by atoms with Crippen molar-refractivity contribution in [3.63, 3.8) is 0 Å². The molecule has 3 aromatic carbocycles. The van der Waals surface area contributed by atoms with Crippen LogP contribution in [0.4, 0.5) is 0 Å². The Morgan fingerprint density at radius 1 is 0.939 bits per heavy atom. The lowest BCUT2D eigenvalue weighted by molar-refractivity contribution is -0.307. The molecule has 3 aromatic rings. The van der Waals surface area contributed by atoms with Gasteiger partial charge in [-0.2, -0.15) is 0 Å². The fourth-order valence-electron chi connectivity index (χ4n) is 10.9. The smallest absolute Gasteiger partial charge is 0.161 e. The van der Waals surface area contributed by atoms with Gasteiger partial charge in [-0.1, -0.05) is 76.6 Å². The maximum Gasteiger partial charge on any atom is 0.161 e. The number of aliphatic hydroxyl groups is 3. The number of aryl methyl sites for hydroxylation is 1. The third kappa shape index (κ3) is 11.2. The van der Waals surface area contributed by atoms with Crippen LogP contribution in [-0.4, -0.2) is 68.2 Å². The number of aliphatic hydroxyl groups excluding tert-OH is 3. The monoisotopic (exact) mass is 932 g/mol. The first-order valence-electron chi connectivity index (χ1n) is 23.3. The number of ketones is 1. The van der Waals surface area contributed by atoms with E-state index in [-0.39, 0.29) is 60.4 Å². The van der Waals surface area contributed by atoms with E-state index in [9.17, 15) is 35.4 Å². The zero-order valence-corrected chi connectivity index (χ0v) is 39.1. The number of phenols is 2.